The Bertz CT molecular complexity index is 472. The van der Waals surface area contributed by atoms with E-state index in [0.717, 1.165) is 13.1 Å². The fourth-order valence-corrected chi connectivity index (χ4v) is 2.43. The van der Waals surface area contributed by atoms with E-state index in [1.165, 1.54) is 26.0 Å². The van der Waals surface area contributed by atoms with Crippen molar-refractivity contribution in [3.63, 3.8) is 0 Å². The molecule has 110 valence electrons. The summed E-state index contributed by atoms with van der Waals surface area (Å²) < 4.78 is 0. The fraction of sp³-hybridized carbons (Fsp3) is 0.643. The van der Waals surface area contributed by atoms with E-state index in [9.17, 15) is 9.90 Å². The maximum atomic E-state index is 11.3. The zero-order valence-electron chi connectivity index (χ0n) is 12.1. The van der Waals surface area contributed by atoms with Crippen molar-refractivity contribution in [2.24, 2.45) is 0 Å². The van der Waals surface area contributed by atoms with Gasteiger partial charge in [-0.25, -0.2) is 9.97 Å². The van der Waals surface area contributed by atoms with Gasteiger partial charge in [-0.3, -0.25) is 4.79 Å². The van der Waals surface area contributed by atoms with Crippen LogP contribution in [-0.4, -0.2) is 58.0 Å². The first kappa shape index (κ1) is 14.9. The summed E-state index contributed by atoms with van der Waals surface area (Å²) in [5, 5.41) is 13.0. The number of anilines is 1. The minimum Gasteiger partial charge on any atom is -0.390 e. The summed E-state index contributed by atoms with van der Waals surface area (Å²) in [6.45, 7) is 6.51. The van der Waals surface area contributed by atoms with Gasteiger partial charge in [0.25, 0.3) is 0 Å². The van der Waals surface area contributed by atoms with Gasteiger partial charge in [0.2, 0.25) is 5.95 Å². The van der Waals surface area contributed by atoms with Crippen molar-refractivity contribution in [1.29, 1.82) is 0 Å². The third kappa shape index (κ3) is 3.98. The number of carbonyl (C=O) groups is 1. The molecule has 1 fully saturated rings. The summed E-state index contributed by atoms with van der Waals surface area (Å²) in [5.41, 5.74) is 1.19. The number of nitrogens with one attached hydrogen (secondary N) is 1. The highest BCUT2D eigenvalue weighted by atomic mass is 16.3. The second-order valence-electron chi connectivity index (χ2n) is 5.29. The number of likely N-dealkylation sites (tertiary alicyclic amines) is 1. The van der Waals surface area contributed by atoms with Gasteiger partial charge in [0.15, 0.2) is 5.78 Å². The normalized spacial score (nSPS) is 17.1. The van der Waals surface area contributed by atoms with Crippen LogP contribution >= 0.6 is 0 Å². The number of ketones is 1. The lowest BCUT2D eigenvalue weighted by Gasteiger charge is -2.19. The minimum absolute atomic E-state index is 0.0388. The number of Topliss-reactive ketones (excluding diaryl/α,β-unsaturated/α-hetero) is 1. The van der Waals surface area contributed by atoms with Crippen LogP contribution in [-0.2, 0) is 0 Å². The second-order valence-corrected chi connectivity index (χ2v) is 5.29. The Kier molecular flexibility index (Phi) is 5.03. The van der Waals surface area contributed by atoms with Crippen molar-refractivity contribution in [1.82, 2.24) is 14.9 Å². The molecule has 6 nitrogen and oxygen atoms in total. The average Bonchev–Trinajstić information content (AvgIpc) is 2.89. The smallest absolute Gasteiger partial charge is 0.222 e. The minimum atomic E-state index is -0.440. The number of rotatable bonds is 6. The van der Waals surface area contributed by atoms with Crippen molar-refractivity contribution in [2.45, 2.75) is 32.8 Å². The standard InChI is InChI=1S/C14H22N4O2/c1-10-13(11(2)19)8-16-14(17-10)15-7-12(20)9-18-5-3-4-6-18/h8,12,20H,3-7,9H2,1-2H3,(H,15,16,17). The monoisotopic (exact) mass is 278 g/mol. The Labute approximate surface area is 119 Å². The first-order valence-electron chi connectivity index (χ1n) is 7.05. The van der Waals surface area contributed by atoms with E-state index < -0.39 is 6.10 Å². The molecule has 0 radical (unpaired) electrons. The third-order valence-electron chi connectivity index (χ3n) is 3.52. The zero-order valence-corrected chi connectivity index (χ0v) is 12.1. The van der Waals surface area contributed by atoms with Crippen molar-refractivity contribution in [2.75, 3.05) is 31.5 Å². The van der Waals surface area contributed by atoms with Gasteiger partial charge in [-0.05, 0) is 39.8 Å². The maximum absolute atomic E-state index is 11.3. The van der Waals surface area contributed by atoms with Crippen molar-refractivity contribution >= 4 is 11.7 Å². The Morgan fingerprint density at radius 1 is 1.50 bits per heavy atom. The lowest BCUT2D eigenvalue weighted by atomic mass is 10.2. The van der Waals surface area contributed by atoms with Gasteiger partial charge in [0.1, 0.15) is 0 Å². The van der Waals surface area contributed by atoms with Gasteiger partial charge < -0.3 is 15.3 Å². The number of β-amino-alcohol motifs (C(OH)–C–C–N with tert-alkyl or cyclic N) is 1. The van der Waals surface area contributed by atoms with Gasteiger partial charge in [-0.2, -0.15) is 0 Å². The van der Waals surface area contributed by atoms with E-state index in [4.69, 9.17) is 0 Å². The predicted octanol–water partition coefficient (Wildman–Crippen LogP) is 0.856. The molecule has 0 saturated carbocycles. The Morgan fingerprint density at radius 2 is 2.20 bits per heavy atom. The molecule has 1 aliphatic heterocycles. The van der Waals surface area contributed by atoms with Crippen LogP contribution in [0.3, 0.4) is 0 Å². The number of aryl methyl sites for hydroxylation is 1. The van der Waals surface area contributed by atoms with Gasteiger partial charge in [0, 0.05) is 19.3 Å². The molecule has 6 heteroatoms. The second kappa shape index (κ2) is 6.76. The highest BCUT2D eigenvalue weighted by molar-refractivity contribution is 5.94. The molecule has 1 aliphatic rings. The molecule has 2 heterocycles. The molecule has 0 spiro atoms. The maximum Gasteiger partial charge on any atom is 0.222 e. The van der Waals surface area contributed by atoms with Crippen LogP contribution in [0.4, 0.5) is 5.95 Å². The first-order chi connectivity index (χ1) is 9.56. The molecular formula is C14H22N4O2. The molecule has 1 atom stereocenters. The van der Waals surface area contributed by atoms with Crippen molar-refractivity contribution in [3.05, 3.63) is 17.5 Å². The topological polar surface area (TPSA) is 78.3 Å². The Hall–Kier alpha value is -1.53. The van der Waals surface area contributed by atoms with E-state index in [0.29, 0.717) is 30.3 Å². The Morgan fingerprint density at radius 3 is 2.80 bits per heavy atom. The van der Waals surface area contributed by atoms with E-state index in [1.807, 2.05) is 0 Å². The molecule has 20 heavy (non-hydrogen) atoms. The van der Waals surface area contributed by atoms with E-state index >= 15 is 0 Å². The molecule has 0 aromatic carbocycles. The summed E-state index contributed by atoms with van der Waals surface area (Å²) in [4.78, 5) is 21.9. The molecule has 0 bridgehead atoms. The van der Waals surface area contributed by atoms with Crippen LogP contribution in [0.25, 0.3) is 0 Å². The van der Waals surface area contributed by atoms with Gasteiger partial charge in [0.05, 0.1) is 17.4 Å². The summed E-state index contributed by atoms with van der Waals surface area (Å²) in [7, 11) is 0. The lowest BCUT2D eigenvalue weighted by Crippen LogP contribution is -2.34. The summed E-state index contributed by atoms with van der Waals surface area (Å²) in [6, 6.07) is 0. The number of aromatic nitrogens is 2. The van der Waals surface area contributed by atoms with Crippen LogP contribution < -0.4 is 5.32 Å². The number of hydrogen-bond donors (Lipinski definition) is 2. The number of carbonyl (C=O) groups excluding carboxylic acids is 1. The highest BCUT2D eigenvalue weighted by Gasteiger charge is 2.16. The number of hydrogen-bond acceptors (Lipinski definition) is 6. The van der Waals surface area contributed by atoms with Gasteiger partial charge in [-0.1, -0.05) is 0 Å². The van der Waals surface area contributed by atoms with Crippen LogP contribution in [0.2, 0.25) is 0 Å². The van der Waals surface area contributed by atoms with Crippen LogP contribution in [0.15, 0.2) is 6.20 Å². The first-order valence-corrected chi connectivity index (χ1v) is 7.05. The fourth-order valence-electron chi connectivity index (χ4n) is 2.43. The van der Waals surface area contributed by atoms with E-state index in [-0.39, 0.29) is 5.78 Å². The van der Waals surface area contributed by atoms with Crippen molar-refractivity contribution < 1.29 is 9.90 Å². The van der Waals surface area contributed by atoms with Crippen LogP contribution in [0, 0.1) is 6.92 Å². The summed E-state index contributed by atoms with van der Waals surface area (Å²) in [5.74, 6) is 0.413. The third-order valence-corrected chi connectivity index (χ3v) is 3.52. The van der Waals surface area contributed by atoms with E-state index in [1.54, 1.807) is 6.92 Å². The number of aliphatic hydroxyl groups is 1. The van der Waals surface area contributed by atoms with Gasteiger partial charge >= 0.3 is 0 Å². The summed E-state index contributed by atoms with van der Waals surface area (Å²) in [6.07, 6.45) is 3.52. The Balaban J connectivity index is 1.84. The van der Waals surface area contributed by atoms with Crippen LogP contribution in [0.5, 0.6) is 0 Å². The molecule has 0 amide bonds. The molecular weight excluding hydrogens is 256 g/mol. The molecule has 2 N–H and O–H groups in total. The number of aliphatic hydroxyl groups excluding tert-OH is 1. The summed E-state index contributed by atoms with van der Waals surface area (Å²) >= 11 is 0. The largest absolute Gasteiger partial charge is 0.390 e. The molecule has 0 aliphatic carbocycles. The molecule has 1 unspecified atom stereocenters. The quantitative estimate of drug-likeness (QED) is 0.751. The highest BCUT2D eigenvalue weighted by Crippen LogP contribution is 2.09. The van der Waals surface area contributed by atoms with Gasteiger partial charge in [-0.15, -0.1) is 0 Å². The predicted molar refractivity (Wildman–Crippen MR) is 76.9 cm³/mol. The van der Waals surface area contributed by atoms with Crippen LogP contribution in [0.1, 0.15) is 35.8 Å². The molecule has 1 saturated heterocycles. The van der Waals surface area contributed by atoms with Crippen molar-refractivity contribution in [3.8, 4) is 0 Å². The SMILES string of the molecule is CC(=O)c1cnc(NCC(O)CN2CCCC2)nc1C. The zero-order chi connectivity index (χ0) is 14.5. The molecule has 1 aromatic heterocycles. The molecule has 2 rings (SSSR count). The number of nitrogens with zero attached hydrogens (tertiary/aromatic N) is 3. The molecule has 1 aromatic rings. The average molecular weight is 278 g/mol. The van der Waals surface area contributed by atoms with E-state index in [2.05, 4.69) is 20.2 Å². The lowest BCUT2D eigenvalue weighted by molar-refractivity contribution is 0.101.